The summed E-state index contributed by atoms with van der Waals surface area (Å²) >= 11 is 0. The first-order chi connectivity index (χ1) is 10.9. The summed E-state index contributed by atoms with van der Waals surface area (Å²) in [5.74, 6) is 0.123. The van der Waals surface area contributed by atoms with Crippen molar-refractivity contribution in [2.24, 2.45) is 0 Å². The summed E-state index contributed by atoms with van der Waals surface area (Å²) in [4.78, 5) is 15.8. The monoisotopic (exact) mass is 401 g/mol. The molecular weight excluding hydrogens is 378 g/mol. The van der Waals surface area contributed by atoms with E-state index in [9.17, 15) is 18.0 Å². The molecule has 9 heteroatoms. The summed E-state index contributed by atoms with van der Waals surface area (Å²) in [6.45, 7) is 3.75. The number of benzene rings is 1. The average molecular weight is 402 g/mol. The lowest BCUT2D eigenvalue weighted by Crippen LogP contribution is -2.48. The largest absolute Gasteiger partial charge is 0.416 e. The van der Waals surface area contributed by atoms with Crippen molar-refractivity contribution in [1.29, 1.82) is 0 Å². The molecule has 1 aliphatic rings. The van der Waals surface area contributed by atoms with Crippen LogP contribution in [0.5, 0.6) is 0 Å². The Hall–Kier alpha value is -1.02. The maximum Gasteiger partial charge on any atom is 0.416 e. The predicted octanol–water partition coefficient (Wildman–Crippen LogP) is 2.80. The summed E-state index contributed by atoms with van der Waals surface area (Å²) in [6, 6.07) is 5.43. The van der Waals surface area contributed by atoms with E-state index in [1.807, 2.05) is 4.90 Å². The van der Waals surface area contributed by atoms with Crippen LogP contribution < -0.4 is 5.32 Å². The van der Waals surface area contributed by atoms with Gasteiger partial charge in [0.05, 0.1) is 5.56 Å². The third-order valence-electron chi connectivity index (χ3n) is 3.97. The Kier molecular flexibility index (Phi) is 10.4. The molecule has 25 heavy (non-hydrogen) atoms. The van der Waals surface area contributed by atoms with Gasteiger partial charge in [-0.05, 0) is 18.7 Å². The maximum absolute atomic E-state index is 12.7. The van der Waals surface area contributed by atoms with Crippen LogP contribution in [0.2, 0.25) is 0 Å². The highest BCUT2D eigenvalue weighted by Crippen LogP contribution is 2.29. The molecule has 0 aliphatic carbocycles. The van der Waals surface area contributed by atoms with Crippen LogP contribution in [0.25, 0.3) is 0 Å². The minimum Gasteiger partial charge on any atom is -0.340 e. The lowest BCUT2D eigenvalue weighted by Gasteiger charge is -2.35. The number of alkyl halides is 3. The average Bonchev–Trinajstić information content (AvgIpc) is 2.53. The van der Waals surface area contributed by atoms with Crippen LogP contribution in [0, 0.1) is 0 Å². The van der Waals surface area contributed by atoms with Gasteiger partial charge in [0.25, 0.3) is 0 Å². The second-order valence-electron chi connectivity index (χ2n) is 5.71. The van der Waals surface area contributed by atoms with Crippen LogP contribution in [0.15, 0.2) is 24.3 Å². The van der Waals surface area contributed by atoms with Crippen molar-refractivity contribution in [3.05, 3.63) is 35.4 Å². The Morgan fingerprint density at radius 1 is 1.16 bits per heavy atom. The Balaban J connectivity index is 0.00000288. The number of carbonyl (C=O) groups is 1. The van der Waals surface area contributed by atoms with Gasteiger partial charge in [-0.25, -0.2) is 0 Å². The summed E-state index contributed by atoms with van der Waals surface area (Å²) in [6.07, 6.45) is -3.83. The smallest absolute Gasteiger partial charge is 0.340 e. The second kappa shape index (κ2) is 10.9. The summed E-state index contributed by atoms with van der Waals surface area (Å²) in [5, 5.41) is 2.95. The van der Waals surface area contributed by atoms with E-state index in [0.29, 0.717) is 51.3 Å². The summed E-state index contributed by atoms with van der Waals surface area (Å²) in [7, 11) is 1.81. The number of nitrogens with one attached hydrogen (secondary N) is 1. The van der Waals surface area contributed by atoms with E-state index in [-0.39, 0.29) is 30.7 Å². The second-order valence-corrected chi connectivity index (χ2v) is 5.71. The number of hydrogen-bond donors (Lipinski definition) is 1. The highest BCUT2D eigenvalue weighted by molar-refractivity contribution is 5.85. The lowest BCUT2D eigenvalue weighted by molar-refractivity contribution is -0.137. The molecule has 1 saturated heterocycles. The van der Waals surface area contributed by atoms with Crippen LogP contribution in [0.1, 0.15) is 17.5 Å². The van der Waals surface area contributed by atoms with Gasteiger partial charge < -0.3 is 10.2 Å². The van der Waals surface area contributed by atoms with E-state index in [4.69, 9.17) is 0 Å². The van der Waals surface area contributed by atoms with Crippen molar-refractivity contribution in [2.45, 2.75) is 19.1 Å². The van der Waals surface area contributed by atoms with Crippen molar-refractivity contribution in [1.82, 2.24) is 15.1 Å². The number of hydrogen-bond acceptors (Lipinski definition) is 3. The van der Waals surface area contributed by atoms with Crippen LogP contribution in [0.4, 0.5) is 13.2 Å². The first-order valence-corrected chi connectivity index (χ1v) is 7.71. The molecule has 0 bridgehead atoms. The van der Waals surface area contributed by atoms with Crippen molar-refractivity contribution in [2.75, 3.05) is 39.8 Å². The zero-order chi connectivity index (χ0) is 16.9. The van der Waals surface area contributed by atoms with Crippen molar-refractivity contribution in [3.8, 4) is 0 Å². The van der Waals surface area contributed by atoms with Gasteiger partial charge in [0.15, 0.2) is 0 Å². The van der Waals surface area contributed by atoms with E-state index < -0.39 is 11.7 Å². The van der Waals surface area contributed by atoms with Gasteiger partial charge in [0.2, 0.25) is 5.91 Å². The molecule has 1 heterocycles. The van der Waals surface area contributed by atoms with Gasteiger partial charge in [-0.3, -0.25) is 9.69 Å². The number of carbonyl (C=O) groups excluding carboxylic acids is 1. The molecule has 0 radical (unpaired) electrons. The van der Waals surface area contributed by atoms with E-state index >= 15 is 0 Å². The molecule has 1 aromatic carbocycles. The van der Waals surface area contributed by atoms with Crippen molar-refractivity contribution < 1.29 is 18.0 Å². The normalized spacial score (nSPS) is 15.3. The topological polar surface area (TPSA) is 35.6 Å². The Labute approximate surface area is 158 Å². The molecule has 0 atom stereocenters. The first kappa shape index (κ1) is 24.0. The highest BCUT2D eigenvalue weighted by atomic mass is 35.5. The van der Waals surface area contributed by atoms with Gasteiger partial charge in [0, 0.05) is 45.7 Å². The van der Waals surface area contributed by atoms with E-state index in [0.717, 1.165) is 6.07 Å². The minimum atomic E-state index is -4.31. The van der Waals surface area contributed by atoms with Gasteiger partial charge in [0.1, 0.15) is 0 Å². The SMILES string of the molecule is CNCCC(=O)N1CCN(Cc2cccc(C(F)(F)F)c2)CC1.Cl.Cl. The molecule has 0 aromatic heterocycles. The van der Waals surface area contributed by atoms with Crippen LogP contribution in [-0.4, -0.2) is 55.5 Å². The Bertz CT molecular complexity index is 536. The third-order valence-corrected chi connectivity index (χ3v) is 3.97. The predicted molar refractivity (Wildman–Crippen MR) is 96.3 cm³/mol. The fourth-order valence-corrected chi connectivity index (χ4v) is 2.65. The molecule has 1 aliphatic heterocycles. The summed E-state index contributed by atoms with van der Waals surface area (Å²) < 4.78 is 38.2. The molecule has 0 unspecified atom stereocenters. The molecule has 2 rings (SSSR count). The van der Waals surface area contributed by atoms with Gasteiger partial charge >= 0.3 is 6.18 Å². The number of rotatable bonds is 5. The summed E-state index contributed by atoms with van der Waals surface area (Å²) in [5.41, 5.74) is 0.0330. The lowest BCUT2D eigenvalue weighted by atomic mass is 10.1. The minimum absolute atomic E-state index is 0. The number of amides is 1. The zero-order valence-corrected chi connectivity index (χ0v) is 15.6. The molecule has 4 nitrogen and oxygen atoms in total. The van der Waals surface area contributed by atoms with Crippen molar-refractivity contribution in [3.63, 3.8) is 0 Å². The zero-order valence-electron chi connectivity index (χ0n) is 14.0. The molecule has 0 saturated carbocycles. The molecule has 1 aromatic rings. The van der Waals surface area contributed by atoms with Gasteiger partial charge in [-0.1, -0.05) is 18.2 Å². The fraction of sp³-hybridized carbons (Fsp3) is 0.562. The van der Waals surface area contributed by atoms with Gasteiger partial charge in [-0.15, -0.1) is 24.8 Å². The van der Waals surface area contributed by atoms with E-state index in [1.165, 1.54) is 12.1 Å². The van der Waals surface area contributed by atoms with Crippen LogP contribution in [0.3, 0.4) is 0 Å². The Morgan fingerprint density at radius 2 is 1.80 bits per heavy atom. The Morgan fingerprint density at radius 3 is 2.36 bits per heavy atom. The first-order valence-electron chi connectivity index (χ1n) is 7.71. The van der Waals surface area contributed by atoms with Crippen LogP contribution in [-0.2, 0) is 17.5 Å². The molecule has 1 fully saturated rings. The van der Waals surface area contributed by atoms with E-state index in [1.54, 1.807) is 13.1 Å². The number of piperazine rings is 1. The maximum atomic E-state index is 12.7. The van der Waals surface area contributed by atoms with Crippen molar-refractivity contribution >= 4 is 30.7 Å². The van der Waals surface area contributed by atoms with Gasteiger partial charge in [-0.2, -0.15) is 13.2 Å². The molecule has 1 amide bonds. The molecule has 0 spiro atoms. The number of nitrogens with zero attached hydrogens (tertiary/aromatic N) is 2. The van der Waals surface area contributed by atoms with Crippen LogP contribution >= 0.6 is 24.8 Å². The standard InChI is InChI=1S/C16H22F3N3O.2ClH/c1-20-6-5-15(23)22-9-7-21(8-10-22)12-13-3-2-4-14(11-13)16(17,18)19;;/h2-4,11,20H,5-10,12H2,1H3;2*1H. The highest BCUT2D eigenvalue weighted by Gasteiger charge is 2.30. The molecule has 144 valence electrons. The quantitative estimate of drug-likeness (QED) is 0.823. The number of halogens is 5. The fourth-order valence-electron chi connectivity index (χ4n) is 2.65. The van der Waals surface area contributed by atoms with E-state index in [2.05, 4.69) is 10.2 Å². The third kappa shape index (κ3) is 7.40. The molecule has 1 N–H and O–H groups in total. The molecular formula is C16H24Cl2F3N3O.